The van der Waals surface area contributed by atoms with Crippen molar-refractivity contribution in [2.24, 2.45) is 11.8 Å². The Labute approximate surface area is 140 Å². The Balaban J connectivity index is 1.87. The molecule has 1 aromatic heterocycles. The summed E-state index contributed by atoms with van der Waals surface area (Å²) < 4.78 is 10.3. The minimum absolute atomic E-state index is 0.191. The van der Waals surface area contributed by atoms with Crippen LogP contribution < -0.4 is 0 Å². The summed E-state index contributed by atoms with van der Waals surface area (Å²) in [4.78, 5) is 14.8. The highest BCUT2D eigenvalue weighted by Gasteiger charge is 2.29. The topological polar surface area (TPSA) is 42.7 Å². The molecule has 0 N–H and O–H groups in total. The molecule has 0 bridgehead atoms. The van der Waals surface area contributed by atoms with Crippen LogP contribution in [0.5, 0.6) is 0 Å². The smallest absolute Gasteiger partial charge is 0.226 e. The molecule has 23 heavy (non-hydrogen) atoms. The van der Waals surface area contributed by atoms with E-state index < -0.39 is 0 Å². The van der Waals surface area contributed by atoms with E-state index >= 15 is 0 Å². The van der Waals surface area contributed by atoms with Crippen molar-refractivity contribution in [2.45, 2.75) is 58.4 Å². The second-order valence-corrected chi connectivity index (χ2v) is 6.74. The van der Waals surface area contributed by atoms with E-state index in [-0.39, 0.29) is 11.8 Å². The molecule has 1 aliphatic carbocycles. The summed E-state index contributed by atoms with van der Waals surface area (Å²) in [5.41, 5.74) is 1.05. The van der Waals surface area contributed by atoms with Crippen molar-refractivity contribution in [2.75, 3.05) is 20.3 Å². The Morgan fingerprint density at radius 1 is 1.35 bits per heavy atom. The fraction of sp³-hybridized carbons (Fsp3) is 0.737. The highest BCUT2D eigenvalue weighted by molar-refractivity contribution is 5.79. The molecule has 4 nitrogen and oxygen atoms in total. The Bertz CT molecular complexity index is 435. The highest BCUT2D eigenvalue weighted by atomic mass is 16.5. The van der Waals surface area contributed by atoms with Gasteiger partial charge in [-0.25, -0.2) is 0 Å². The second-order valence-electron chi connectivity index (χ2n) is 6.74. The molecule has 1 fully saturated rings. The van der Waals surface area contributed by atoms with E-state index in [1.807, 2.05) is 11.0 Å². The molecule has 0 aromatic carbocycles. The normalized spacial score (nSPS) is 21.3. The number of rotatable bonds is 9. The van der Waals surface area contributed by atoms with Gasteiger partial charge in [0.25, 0.3) is 0 Å². The van der Waals surface area contributed by atoms with Crippen LogP contribution in [0.3, 0.4) is 0 Å². The summed E-state index contributed by atoms with van der Waals surface area (Å²) in [5, 5.41) is 0. The van der Waals surface area contributed by atoms with Crippen LogP contribution in [0.1, 0.15) is 57.4 Å². The molecule has 1 saturated carbocycles. The number of hydrogen-bond donors (Lipinski definition) is 0. The lowest BCUT2D eigenvalue weighted by atomic mass is 9.79. The van der Waals surface area contributed by atoms with Crippen LogP contribution in [0.4, 0.5) is 0 Å². The monoisotopic (exact) mass is 321 g/mol. The summed E-state index contributed by atoms with van der Waals surface area (Å²) in [6.45, 7) is 4.10. The molecule has 0 unspecified atom stereocenters. The van der Waals surface area contributed by atoms with Crippen LogP contribution in [0.2, 0.25) is 0 Å². The number of amides is 1. The molecule has 0 spiro atoms. The van der Waals surface area contributed by atoms with E-state index in [0.29, 0.717) is 19.7 Å². The SMILES string of the molecule is CCCCC1CCC(C(=O)N(CCOC)Cc2ccoc2)CC1. The predicted molar refractivity (Wildman–Crippen MR) is 91.0 cm³/mol. The molecular weight excluding hydrogens is 290 g/mol. The van der Waals surface area contributed by atoms with Gasteiger partial charge in [-0.05, 0) is 37.7 Å². The molecule has 130 valence electrons. The Hall–Kier alpha value is -1.29. The molecule has 4 heteroatoms. The maximum absolute atomic E-state index is 12.9. The van der Waals surface area contributed by atoms with Crippen molar-refractivity contribution in [3.05, 3.63) is 24.2 Å². The second kappa shape index (κ2) is 9.76. The van der Waals surface area contributed by atoms with Gasteiger partial charge < -0.3 is 14.1 Å². The number of carbonyl (C=O) groups excluding carboxylic acids is 1. The molecule has 1 aliphatic rings. The molecule has 2 rings (SSSR count). The molecule has 1 aromatic rings. The molecule has 0 saturated heterocycles. The minimum Gasteiger partial charge on any atom is -0.472 e. The third-order valence-electron chi connectivity index (χ3n) is 4.99. The summed E-state index contributed by atoms with van der Waals surface area (Å²) >= 11 is 0. The number of furan rings is 1. The Morgan fingerprint density at radius 3 is 2.74 bits per heavy atom. The first-order valence-electron chi connectivity index (χ1n) is 9.03. The first-order valence-corrected chi connectivity index (χ1v) is 9.03. The fourth-order valence-electron chi connectivity index (χ4n) is 3.52. The van der Waals surface area contributed by atoms with Gasteiger partial charge in [-0.3, -0.25) is 4.79 Å². The van der Waals surface area contributed by atoms with Gasteiger partial charge in [0.05, 0.1) is 19.1 Å². The van der Waals surface area contributed by atoms with Crippen molar-refractivity contribution < 1.29 is 13.9 Å². The van der Waals surface area contributed by atoms with Gasteiger partial charge in [-0.1, -0.05) is 26.2 Å². The zero-order valence-corrected chi connectivity index (χ0v) is 14.6. The summed E-state index contributed by atoms with van der Waals surface area (Å²) in [6, 6.07) is 1.93. The minimum atomic E-state index is 0.191. The van der Waals surface area contributed by atoms with Crippen molar-refractivity contribution in [1.29, 1.82) is 0 Å². The quantitative estimate of drug-likeness (QED) is 0.683. The molecule has 1 amide bonds. The highest BCUT2D eigenvalue weighted by Crippen LogP contribution is 2.33. The lowest BCUT2D eigenvalue weighted by Gasteiger charge is -2.32. The zero-order chi connectivity index (χ0) is 16.5. The van der Waals surface area contributed by atoms with E-state index in [0.717, 1.165) is 24.3 Å². The number of methoxy groups -OCH3 is 1. The van der Waals surface area contributed by atoms with Gasteiger partial charge in [0.2, 0.25) is 5.91 Å². The summed E-state index contributed by atoms with van der Waals surface area (Å²) in [5.74, 6) is 1.31. The number of carbonyl (C=O) groups is 1. The lowest BCUT2D eigenvalue weighted by Crippen LogP contribution is -2.39. The number of nitrogens with zero attached hydrogens (tertiary/aromatic N) is 1. The van der Waals surface area contributed by atoms with Crippen molar-refractivity contribution >= 4 is 5.91 Å². The average molecular weight is 321 g/mol. The number of hydrogen-bond acceptors (Lipinski definition) is 3. The van der Waals surface area contributed by atoms with E-state index in [1.54, 1.807) is 19.6 Å². The molecule has 0 radical (unpaired) electrons. The Kier molecular flexibility index (Phi) is 7.66. The lowest BCUT2D eigenvalue weighted by molar-refractivity contribution is -0.138. The van der Waals surface area contributed by atoms with Crippen LogP contribution in [0.15, 0.2) is 23.0 Å². The van der Waals surface area contributed by atoms with E-state index in [1.165, 1.54) is 32.1 Å². The van der Waals surface area contributed by atoms with Crippen LogP contribution in [0.25, 0.3) is 0 Å². The van der Waals surface area contributed by atoms with E-state index in [4.69, 9.17) is 9.15 Å². The standard InChI is InChI=1S/C19H31NO3/c1-3-4-5-16-6-8-18(9-7-16)19(21)20(11-13-22-2)14-17-10-12-23-15-17/h10,12,15-16,18H,3-9,11,13-14H2,1-2H3. The van der Waals surface area contributed by atoms with Gasteiger partial charge in [0, 0.05) is 31.7 Å². The van der Waals surface area contributed by atoms with Crippen LogP contribution in [0, 0.1) is 11.8 Å². The number of ether oxygens (including phenoxy) is 1. The summed E-state index contributed by atoms with van der Waals surface area (Å²) in [7, 11) is 1.68. The molecule has 0 aliphatic heterocycles. The van der Waals surface area contributed by atoms with Crippen LogP contribution in [-0.4, -0.2) is 31.1 Å². The first kappa shape index (κ1) is 18.1. The Morgan fingerprint density at radius 2 is 2.13 bits per heavy atom. The van der Waals surface area contributed by atoms with Crippen molar-refractivity contribution in [3.8, 4) is 0 Å². The van der Waals surface area contributed by atoms with Gasteiger partial charge in [-0.2, -0.15) is 0 Å². The zero-order valence-electron chi connectivity index (χ0n) is 14.6. The van der Waals surface area contributed by atoms with E-state index in [9.17, 15) is 4.79 Å². The maximum Gasteiger partial charge on any atom is 0.226 e. The van der Waals surface area contributed by atoms with Gasteiger partial charge in [0.15, 0.2) is 0 Å². The van der Waals surface area contributed by atoms with Crippen molar-refractivity contribution in [3.63, 3.8) is 0 Å². The van der Waals surface area contributed by atoms with E-state index in [2.05, 4.69) is 6.92 Å². The van der Waals surface area contributed by atoms with Gasteiger partial charge in [0.1, 0.15) is 0 Å². The molecule has 0 atom stereocenters. The average Bonchev–Trinajstić information content (AvgIpc) is 3.09. The van der Waals surface area contributed by atoms with Crippen molar-refractivity contribution in [1.82, 2.24) is 4.90 Å². The fourth-order valence-corrected chi connectivity index (χ4v) is 3.52. The first-order chi connectivity index (χ1) is 11.2. The maximum atomic E-state index is 12.9. The summed E-state index contributed by atoms with van der Waals surface area (Å²) in [6.07, 6.45) is 11.8. The third-order valence-corrected chi connectivity index (χ3v) is 4.99. The number of unbranched alkanes of at least 4 members (excludes halogenated alkanes) is 1. The van der Waals surface area contributed by atoms with Crippen LogP contribution >= 0.6 is 0 Å². The van der Waals surface area contributed by atoms with Gasteiger partial charge in [-0.15, -0.1) is 0 Å². The molecular formula is C19H31NO3. The van der Waals surface area contributed by atoms with Gasteiger partial charge >= 0.3 is 0 Å². The molecule has 1 heterocycles. The largest absolute Gasteiger partial charge is 0.472 e. The van der Waals surface area contributed by atoms with Crippen LogP contribution in [-0.2, 0) is 16.1 Å². The third kappa shape index (κ3) is 5.69. The predicted octanol–water partition coefficient (Wildman–Crippen LogP) is 4.25.